The van der Waals surface area contributed by atoms with Gasteiger partial charge in [-0.05, 0) is 24.3 Å². The molecule has 21 heavy (non-hydrogen) atoms. The molecule has 108 valence electrons. The fraction of sp³-hybridized carbons (Fsp3) is 0.188. The lowest BCUT2D eigenvalue weighted by molar-refractivity contribution is 0.100. The highest BCUT2D eigenvalue weighted by Crippen LogP contribution is 2.34. The van der Waals surface area contributed by atoms with E-state index >= 15 is 0 Å². The summed E-state index contributed by atoms with van der Waals surface area (Å²) in [6.45, 7) is 0.668. The van der Waals surface area contributed by atoms with Gasteiger partial charge in [0.05, 0.1) is 23.2 Å². The van der Waals surface area contributed by atoms with Gasteiger partial charge in [-0.3, -0.25) is 4.79 Å². The van der Waals surface area contributed by atoms with E-state index in [-0.39, 0.29) is 6.04 Å². The average Bonchev–Trinajstić information content (AvgIpc) is 2.47. The largest absolute Gasteiger partial charge is 0.493 e. The van der Waals surface area contributed by atoms with E-state index in [1.165, 1.54) is 0 Å². The first-order valence-corrected chi connectivity index (χ1v) is 7.10. The Balaban J connectivity index is 1.85. The third-order valence-electron chi connectivity index (χ3n) is 3.53. The molecule has 4 nitrogen and oxygen atoms in total. The number of rotatable bonds is 3. The maximum absolute atomic E-state index is 11.2. The first-order chi connectivity index (χ1) is 10.1. The molecule has 1 atom stereocenters. The van der Waals surface area contributed by atoms with E-state index in [4.69, 9.17) is 22.1 Å². The van der Waals surface area contributed by atoms with Crippen LogP contribution in [0.5, 0.6) is 5.75 Å². The molecule has 3 N–H and O–H groups in total. The number of benzene rings is 2. The normalized spacial score (nSPS) is 16.7. The maximum Gasteiger partial charge on any atom is 0.250 e. The number of halogens is 1. The number of nitrogens with one attached hydrogen (secondary N) is 1. The van der Waals surface area contributed by atoms with Crippen LogP contribution in [0.1, 0.15) is 28.4 Å². The van der Waals surface area contributed by atoms with Gasteiger partial charge in [0, 0.05) is 17.7 Å². The highest BCUT2D eigenvalue weighted by Gasteiger charge is 2.21. The standard InChI is InChI=1S/C16H15ClN2O2/c17-13-9-10(5-6-11(13)16(18)20)19-14-7-8-21-15-4-2-1-3-12(14)15/h1-6,9,14,19H,7-8H2,(H2,18,20). The number of carbonyl (C=O) groups excluding carboxylic acids is 1. The van der Waals surface area contributed by atoms with Crippen molar-refractivity contribution in [1.29, 1.82) is 0 Å². The Hall–Kier alpha value is -2.20. The van der Waals surface area contributed by atoms with Gasteiger partial charge in [0.15, 0.2) is 0 Å². The molecule has 2 aromatic rings. The van der Waals surface area contributed by atoms with E-state index < -0.39 is 5.91 Å². The van der Waals surface area contributed by atoms with Gasteiger partial charge in [-0.15, -0.1) is 0 Å². The van der Waals surface area contributed by atoms with Crippen LogP contribution < -0.4 is 15.8 Å². The number of nitrogens with two attached hydrogens (primary N) is 1. The molecule has 0 spiro atoms. The third kappa shape index (κ3) is 2.81. The van der Waals surface area contributed by atoms with Gasteiger partial charge in [-0.2, -0.15) is 0 Å². The van der Waals surface area contributed by atoms with Gasteiger partial charge >= 0.3 is 0 Å². The van der Waals surface area contributed by atoms with Crippen molar-refractivity contribution in [2.45, 2.75) is 12.5 Å². The van der Waals surface area contributed by atoms with Gasteiger partial charge in [-0.25, -0.2) is 0 Å². The zero-order valence-electron chi connectivity index (χ0n) is 11.3. The lowest BCUT2D eigenvalue weighted by Gasteiger charge is -2.27. The Bertz CT molecular complexity index is 688. The minimum absolute atomic E-state index is 0.158. The van der Waals surface area contributed by atoms with Crippen LogP contribution in [-0.2, 0) is 0 Å². The van der Waals surface area contributed by atoms with Crippen LogP contribution in [0, 0.1) is 0 Å². The SMILES string of the molecule is NC(=O)c1ccc(NC2CCOc3ccccc32)cc1Cl. The Labute approximate surface area is 127 Å². The first kappa shape index (κ1) is 13.8. The molecule has 2 aromatic carbocycles. The molecule has 1 amide bonds. The summed E-state index contributed by atoms with van der Waals surface area (Å²) in [4.78, 5) is 11.2. The van der Waals surface area contributed by atoms with Crippen LogP contribution in [-0.4, -0.2) is 12.5 Å². The fourth-order valence-electron chi connectivity index (χ4n) is 2.50. The first-order valence-electron chi connectivity index (χ1n) is 6.73. The predicted molar refractivity (Wildman–Crippen MR) is 82.9 cm³/mol. The molecule has 0 aliphatic carbocycles. The van der Waals surface area contributed by atoms with Crippen LogP contribution in [0.15, 0.2) is 42.5 Å². The van der Waals surface area contributed by atoms with Crippen molar-refractivity contribution in [3.63, 3.8) is 0 Å². The second kappa shape index (κ2) is 5.66. The van der Waals surface area contributed by atoms with E-state index in [1.807, 2.05) is 30.3 Å². The summed E-state index contributed by atoms with van der Waals surface area (Å²) in [6, 6.07) is 13.3. The predicted octanol–water partition coefficient (Wildman–Crippen LogP) is 3.37. The number of hydrogen-bond acceptors (Lipinski definition) is 3. The summed E-state index contributed by atoms with van der Waals surface area (Å²) < 4.78 is 5.64. The summed E-state index contributed by atoms with van der Waals surface area (Å²) >= 11 is 6.08. The van der Waals surface area contributed by atoms with Crippen LogP contribution in [0.2, 0.25) is 5.02 Å². The van der Waals surface area contributed by atoms with E-state index in [0.29, 0.717) is 17.2 Å². The molecule has 0 saturated heterocycles. The van der Waals surface area contributed by atoms with Crippen LogP contribution in [0.25, 0.3) is 0 Å². The molecule has 1 heterocycles. The van der Waals surface area contributed by atoms with Crippen molar-refractivity contribution in [2.75, 3.05) is 11.9 Å². The van der Waals surface area contributed by atoms with Crippen molar-refractivity contribution in [3.8, 4) is 5.75 Å². The van der Waals surface area contributed by atoms with Crippen molar-refractivity contribution < 1.29 is 9.53 Å². The molecule has 1 aliphatic heterocycles. The number of primary amides is 1. The number of anilines is 1. The van der Waals surface area contributed by atoms with Crippen molar-refractivity contribution in [1.82, 2.24) is 0 Å². The summed E-state index contributed by atoms with van der Waals surface area (Å²) in [5.74, 6) is 0.379. The lowest BCUT2D eigenvalue weighted by atomic mass is 10.00. The van der Waals surface area contributed by atoms with Gasteiger partial charge < -0.3 is 15.8 Å². The minimum Gasteiger partial charge on any atom is -0.493 e. The van der Waals surface area contributed by atoms with E-state index in [0.717, 1.165) is 23.4 Å². The van der Waals surface area contributed by atoms with Gasteiger partial charge in [0.1, 0.15) is 5.75 Å². The quantitative estimate of drug-likeness (QED) is 0.913. The molecule has 0 aromatic heterocycles. The van der Waals surface area contributed by atoms with E-state index in [9.17, 15) is 4.79 Å². The molecule has 3 rings (SSSR count). The maximum atomic E-state index is 11.2. The minimum atomic E-state index is -0.525. The summed E-state index contributed by atoms with van der Waals surface area (Å²) in [5.41, 5.74) is 7.56. The monoisotopic (exact) mass is 302 g/mol. The van der Waals surface area contributed by atoms with Gasteiger partial charge in [-0.1, -0.05) is 29.8 Å². The Morgan fingerprint density at radius 1 is 1.29 bits per heavy atom. The van der Waals surface area contributed by atoms with Crippen LogP contribution in [0.3, 0.4) is 0 Å². The molecule has 0 fully saturated rings. The molecular formula is C16H15ClN2O2. The second-order valence-electron chi connectivity index (χ2n) is 4.93. The smallest absolute Gasteiger partial charge is 0.250 e. The number of carbonyl (C=O) groups is 1. The molecule has 5 heteroatoms. The Morgan fingerprint density at radius 2 is 2.10 bits per heavy atom. The zero-order valence-corrected chi connectivity index (χ0v) is 12.1. The highest BCUT2D eigenvalue weighted by molar-refractivity contribution is 6.34. The Kier molecular flexibility index (Phi) is 3.71. The zero-order chi connectivity index (χ0) is 14.8. The summed E-state index contributed by atoms with van der Waals surface area (Å²) in [6.07, 6.45) is 0.867. The molecule has 0 saturated carbocycles. The molecule has 1 unspecified atom stereocenters. The molecule has 0 bridgehead atoms. The number of ether oxygens (including phenoxy) is 1. The summed E-state index contributed by atoms with van der Waals surface area (Å²) in [5, 5.41) is 3.78. The van der Waals surface area contributed by atoms with E-state index in [1.54, 1.807) is 12.1 Å². The van der Waals surface area contributed by atoms with Gasteiger partial charge in [0.2, 0.25) is 5.91 Å². The highest BCUT2D eigenvalue weighted by atomic mass is 35.5. The summed E-state index contributed by atoms with van der Waals surface area (Å²) in [7, 11) is 0. The molecule has 0 radical (unpaired) electrons. The van der Waals surface area contributed by atoms with Crippen molar-refractivity contribution in [2.24, 2.45) is 5.73 Å². The third-order valence-corrected chi connectivity index (χ3v) is 3.85. The number of amides is 1. The second-order valence-corrected chi connectivity index (χ2v) is 5.34. The number of hydrogen-bond donors (Lipinski definition) is 2. The number of para-hydroxylation sites is 1. The van der Waals surface area contributed by atoms with Crippen molar-refractivity contribution in [3.05, 3.63) is 58.6 Å². The van der Waals surface area contributed by atoms with Crippen LogP contribution in [0.4, 0.5) is 5.69 Å². The fourth-order valence-corrected chi connectivity index (χ4v) is 2.77. The topological polar surface area (TPSA) is 64.4 Å². The molecule has 1 aliphatic rings. The van der Waals surface area contributed by atoms with Gasteiger partial charge in [0.25, 0.3) is 0 Å². The average molecular weight is 303 g/mol. The van der Waals surface area contributed by atoms with E-state index in [2.05, 4.69) is 5.32 Å². The number of fused-ring (bicyclic) bond motifs is 1. The van der Waals surface area contributed by atoms with Crippen LogP contribution >= 0.6 is 11.6 Å². The van der Waals surface area contributed by atoms with Crippen molar-refractivity contribution >= 4 is 23.2 Å². The Morgan fingerprint density at radius 3 is 2.86 bits per heavy atom. The molecular weight excluding hydrogens is 288 g/mol. The lowest BCUT2D eigenvalue weighted by Crippen LogP contribution is -2.20.